The lowest BCUT2D eigenvalue weighted by Crippen LogP contribution is -2.39. The summed E-state index contributed by atoms with van der Waals surface area (Å²) in [7, 11) is 0. The first-order valence-corrected chi connectivity index (χ1v) is 7.28. The topological polar surface area (TPSA) is 57.6 Å². The average Bonchev–Trinajstić information content (AvgIpc) is 2.45. The van der Waals surface area contributed by atoms with Crippen molar-refractivity contribution in [2.75, 3.05) is 13.1 Å². The second-order valence-electron chi connectivity index (χ2n) is 5.74. The van der Waals surface area contributed by atoms with Crippen LogP contribution in [0.1, 0.15) is 41.3 Å². The minimum absolute atomic E-state index is 0.0338. The van der Waals surface area contributed by atoms with Crippen molar-refractivity contribution in [1.82, 2.24) is 4.90 Å². The van der Waals surface area contributed by atoms with Gasteiger partial charge in [0, 0.05) is 24.7 Å². The number of carboxylic acid groups (broad SMARTS) is 1. The van der Waals surface area contributed by atoms with Crippen LogP contribution in [0.2, 0.25) is 0 Å². The summed E-state index contributed by atoms with van der Waals surface area (Å²) in [6.45, 7) is 5.67. The molecule has 2 rings (SSSR count). The van der Waals surface area contributed by atoms with Gasteiger partial charge >= 0.3 is 5.97 Å². The summed E-state index contributed by atoms with van der Waals surface area (Å²) in [4.78, 5) is 25.0. The fourth-order valence-corrected chi connectivity index (χ4v) is 2.67. The van der Waals surface area contributed by atoms with Crippen LogP contribution in [0.15, 0.2) is 24.3 Å². The van der Waals surface area contributed by atoms with E-state index in [1.165, 1.54) is 12.5 Å². The van der Waals surface area contributed by atoms with Crippen molar-refractivity contribution < 1.29 is 14.7 Å². The average molecular weight is 287 g/mol. The second kappa shape index (κ2) is 6.57. The third kappa shape index (κ3) is 3.94. The molecule has 0 spiro atoms. The molecule has 0 aliphatic carbocycles. The zero-order chi connectivity index (χ0) is 15.4. The van der Waals surface area contributed by atoms with Gasteiger partial charge in [-0.15, -0.1) is 0 Å². The highest BCUT2D eigenvalue weighted by molar-refractivity contribution is 5.95. The summed E-state index contributed by atoms with van der Waals surface area (Å²) in [5.41, 5.74) is 2.35. The first-order chi connectivity index (χ1) is 9.97. The SMILES string of the molecule is Cc1ccc(C(=O)N2CCCC(C)C2)cc1/C=C/C(=O)O. The highest BCUT2D eigenvalue weighted by Crippen LogP contribution is 2.20. The number of aryl methyl sites for hydroxylation is 1. The van der Waals surface area contributed by atoms with Crippen LogP contribution in [0.5, 0.6) is 0 Å². The quantitative estimate of drug-likeness (QED) is 0.870. The monoisotopic (exact) mass is 287 g/mol. The van der Waals surface area contributed by atoms with Crippen LogP contribution >= 0.6 is 0 Å². The first-order valence-electron chi connectivity index (χ1n) is 7.28. The van der Waals surface area contributed by atoms with E-state index in [9.17, 15) is 9.59 Å². The number of nitrogens with zero attached hydrogens (tertiary/aromatic N) is 1. The zero-order valence-corrected chi connectivity index (χ0v) is 12.5. The number of carboxylic acids is 1. The molecule has 1 amide bonds. The summed E-state index contributed by atoms with van der Waals surface area (Å²) < 4.78 is 0. The van der Waals surface area contributed by atoms with Crippen LogP contribution in [0.3, 0.4) is 0 Å². The lowest BCUT2D eigenvalue weighted by molar-refractivity contribution is -0.131. The van der Waals surface area contributed by atoms with Crippen LogP contribution < -0.4 is 0 Å². The second-order valence-corrected chi connectivity index (χ2v) is 5.74. The molecule has 1 heterocycles. The summed E-state index contributed by atoms with van der Waals surface area (Å²) in [6, 6.07) is 5.45. The van der Waals surface area contributed by atoms with Crippen molar-refractivity contribution in [3.8, 4) is 0 Å². The number of aliphatic carboxylic acids is 1. The highest BCUT2D eigenvalue weighted by Gasteiger charge is 2.22. The van der Waals surface area contributed by atoms with E-state index in [2.05, 4.69) is 6.92 Å². The Bertz CT molecular complexity index is 577. The number of hydrogen-bond donors (Lipinski definition) is 1. The maximum Gasteiger partial charge on any atom is 0.328 e. The molecule has 1 aliphatic rings. The number of amides is 1. The van der Waals surface area contributed by atoms with E-state index < -0.39 is 5.97 Å². The van der Waals surface area contributed by atoms with Gasteiger partial charge in [-0.2, -0.15) is 0 Å². The van der Waals surface area contributed by atoms with Gasteiger partial charge in [-0.05, 0) is 55.0 Å². The summed E-state index contributed by atoms with van der Waals surface area (Å²) in [6.07, 6.45) is 4.85. The van der Waals surface area contributed by atoms with Gasteiger partial charge in [0.2, 0.25) is 0 Å². The number of piperidine rings is 1. The third-order valence-corrected chi connectivity index (χ3v) is 3.88. The molecule has 1 N–H and O–H groups in total. The van der Waals surface area contributed by atoms with Crippen LogP contribution in [0.4, 0.5) is 0 Å². The van der Waals surface area contributed by atoms with Crippen molar-refractivity contribution >= 4 is 18.0 Å². The standard InChI is InChI=1S/C17H21NO3/c1-12-4-3-9-18(11-12)17(21)15-6-5-13(2)14(10-15)7-8-16(19)20/h5-8,10,12H,3-4,9,11H2,1-2H3,(H,19,20)/b8-7+. The Hall–Kier alpha value is -2.10. The molecule has 0 aromatic heterocycles. The van der Waals surface area contributed by atoms with Crippen molar-refractivity contribution in [3.63, 3.8) is 0 Å². The Kier molecular flexibility index (Phi) is 4.78. The van der Waals surface area contributed by atoms with E-state index >= 15 is 0 Å². The first kappa shape index (κ1) is 15.3. The molecule has 1 unspecified atom stereocenters. The molecule has 4 nitrogen and oxygen atoms in total. The Labute approximate surface area is 125 Å². The van der Waals surface area contributed by atoms with E-state index in [4.69, 9.17) is 5.11 Å². The Morgan fingerprint density at radius 2 is 2.14 bits per heavy atom. The van der Waals surface area contributed by atoms with Crippen molar-refractivity contribution in [3.05, 3.63) is 41.0 Å². The largest absolute Gasteiger partial charge is 0.478 e. The molecule has 4 heteroatoms. The zero-order valence-electron chi connectivity index (χ0n) is 12.5. The van der Waals surface area contributed by atoms with Gasteiger partial charge in [-0.25, -0.2) is 4.79 Å². The fourth-order valence-electron chi connectivity index (χ4n) is 2.67. The van der Waals surface area contributed by atoms with E-state index in [1.807, 2.05) is 24.0 Å². The number of benzene rings is 1. The molecule has 1 aromatic carbocycles. The van der Waals surface area contributed by atoms with E-state index in [0.29, 0.717) is 11.5 Å². The fraction of sp³-hybridized carbons (Fsp3) is 0.412. The van der Waals surface area contributed by atoms with Crippen molar-refractivity contribution in [1.29, 1.82) is 0 Å². The van der Waals surface area contributed by atoms with Crippen molar-refractivity contribution in [2.24, 2.45) is 5.92 Å². The molecule has 1 atom stereocenters. The summed E-state index contributed by atoms with van der Waals surface area (Å²) in [5.74, 6) is -0.415. The van der Waals surface area contributed by atoms with Gasteiger partial charge in [-0.1, -0.05) is 13.0 Å². The molecule has 1 aliphatic heterocycles. The van der Waals surface area contributed by atoms with Crippen molar-refractivity contribution in [2.45, 2.75) is 26.7 Å². The molecule has 112 valence electrons. The molecule has 21 heavy (non-hydrogen) atoms. The lowest BCUT2D eigenvalue weighted by atomic mass is 9.98. The predicted octanol–water partition coefficient (Wildman–Crippen LogP) is 2.96. The molecule has 0 saturated carbocycles. The summed E-state index contributed by atoms with van der Waals surface area (Å²) >= 11 is 0. The molecular weight excluding hydrogens is 266 g/mol. The minimum atomic E-state index is -0.990. The van der Waals surface area contributed by atoms with Crippen LogP contribution in [-0.2, 0) is 4.79 Å². The van der Waals surface area contributed by atoms with E-state index in [-0.39, 0.29) is 5.91 Å². The number of hydrogen-bond acceptors (Lipinski definition) is 2. The number of rotatable bonds is 3. The van der Waals surface area contributed by atoms with Crippen LogP contribution in [0, 0.1) is 12.8 Å². The normalized spacial score (nSPS) is 19.0. The van der Waals surface area contributed by atoms with Gasteiger partial charge in [0.15, 0.2) is 0 Å². The van der Waals surface area contributed by atoms with Crippen LogP contribution in [0.25, 0.3) is 6.08 Å². The third-order valence-electron chi connectivity index (χ3n) is 3.88. The molecule has 0 radical (unpaired) electrons. The van der Waals surface area contributed by atoms with Crippen LogP contribution in [-0.4, -0.2) is 35.0 Å². The van der Waals surface area contributed by atoms with Gasteiger partial charge < -0.3 is 10.0 Å². The Morgan fingerprint density at radius 3 is 2.81 bits per heavy atom. The molecule has 1 fully saturated rings. The maximum atomic E-state index is 12.5. The molecule has 0 bridgehead atoms. The van der Waals surface area contributed by atoms with Gasteiger partial charge in [0.05, 0.1) is 0 Å². The predicted molar refractivity (Wildman–Crippen MR) is 82.2 cm³/mol. The van der Waals surface area contributed by atoms with E-state index in [0.717, 1.165) is 36.7 Å². The molecule has 1 saturated heterocycles. The Balaban J connectivity index is 2.21. The Morgan fingerprint density at radius 1 is 1.38 bits per heavy atom. The smallest absolute Gasteiger partial charge is 0.328 e. The lowest BCUT2D eigenvalue weighted by Gasteiger charge is -2.31. The van der Waals surface area contributed by atoms with E-state index in [1.54, 1.807) is 6.07 Å². The van der Waals surface area contributed by atoms with Gasteiger partial charge in [-0.3, -0.25) is 4.79 Å². The molecular formula is C17H21NO3. The van der Waals surface area contributed by atoms with Gasteiger partial charge in [0.1, 0.15) is 0 Å². The highest BCUT2D eigenvalue weighted by atomic mass is 16.4. The number of carbonyl (C=O) groups excluding carboxylic acids is 1. The van der Waals surface area contributed by atoms with Gasteiger partial charge in [0.25, 0.3) is 5.91 Å². The number of likely N-dealkylation sites (tertiary alicyclic amines) is 1. The minimum Gasteiger partial charge on any atom is -0.478 e. The molecule has 1 aromatic rings. The number of carbonyl (C=O) groups is 2. The summed E-state index contributed by atoms with van der Waals surface area (Å²) in [5, 5.41) is 8.72. The maximum absolute atomic E-state index is 12.5.